The predicted octanol–water partition coefficient (Wildman–Crippen LogP) is 2.34. The Bertz CT molecular complexity index is 153. The van der Waals surface area contributed by atoms with Gasteiger partial charge in [-0.3, -0.25) is 0 Å². The van der Waals surface area contributed by atoms with E-state index in [1.165, 1.54) is 5.57 Å². The molecule has 0 bridgehead atoms. The van der Waals surface area contributed by atoms with E-state index in [1.807, 2.05) is 0 Å². The number of hydrogen-bond donors (Lipinski definition) is 2. The van der Waals surface area contributed by atoms with Gasteiger partial charge in [-0.1, -0.05) is 32.9 Å². The van der Waals surface area contributed by atoms with Crippen molar-refractivity contribution in [3.8, 4) is 0 Å². The Kier molecular flexibility index (Phi) is 6.85. The van der Waals surface area contributed by atoms with Crippen LogP contribution in [0.3, 0.4) is 0 Å². The highest BCUT2D eigenvalue weighted by atomic mass is 16.3. The van der Waals surface area contributed by atoms with Crippen LogP contribution in [0.15, 0.2) is 12.2 Å². The zero-order valence-corrected chi connectivity index (χ0v) is 9.90. The second kappa shape index (κ2) is 7.02. The zero-order valence-electron chi connectivity index (χ0n) is 9.90. The fraction of sp³-hybridized carbons (Fsp3) is 0.833. The number of nitrogens with one attached hydrogen (secondary N) is 1. The monoisotopic (exact) mass is 199 g/mol. The Labute approximate surface area is 88.4 Å². The lowest BCUT2D eigenvalue weighted by Gasteiger charge is -2.29. The Hall–Kier alpha value is -0.340. The Balaban J connectivity index is 3.88. The molecule has 0 aromatic heterocycles. The molecule has 0 amide bonds. The maximum Gasteiger partial charge on any atom is 0.0499 e. The summed E-state index contributed by atoms with van der Waals surface area (Å²) < 4.78 is 0. The van der Waals surface area contributed by atoms with Crippen molar-refractivity contribution < 1.29 is 5.11 Å². The Morgan fingerprint density at radius 1 is 1.29 bits per heavy atom. The van der Waals surface area contributed by atoms with Crippen molar-refractivity contribution in [2.24, 2.45) is 5.41 Å². The Morgan fingerprint density at radius 2 is 1.86 bits per heavy atom. The molecule has 0 atom stereocenters. The molecule has 0 saturated heterocycles. The second-order valence-corrected chi connectivity index (χ2v) is 4.07. The minimum Gasteiger partial charge on any atom is -0.396 e. The average Bonchev–Trinajstić information content (AvgIpc) is 2.25. The zero-order chi connectivity index (χ0) is 11.0. The highest BCUT2D eigenvalue weighted by Gasteiger charge is 2.24. The maximum absolute atomic E-state index is 9.34. The summed E-state index contributed by atoms with van der Waals surface area (Å²) in [6, 6.07) is 0. The summed E-state index contributed by atoms with van der Waals surface area (Å²) in [5, 5.41) is 12.7. The third-order valence-electron chi connectivity index (χ3n) is 3.21. The predicted molar refractivity (Wildman–Crippen MR) is 62.4 cm³/mol. The van der Waals surface area contributed by atoms with Crippen molar-refractivity contribution in [3.63, 3.8) is 0 Å². The highest BCUT2D eigenvalue weighted by Crippen LogP contribution is 2.24. The van der Waals surface area contributed by atoms with Gasteiger partial charge in [0, 0.05) is 25.1 Å². The lowest BCUT2D eigenvalue weighted by atomic mass is 9.83. The van der Waals surface area contributed by atoms with E-state index in [2.05, 4.69) is 32.7 Å². The molecule has 2 nitrogen and oxygen atoms in total. The second-order valence-electron chi connectivity index (χ2n) is 4.07. The van der Waals surface area contributed by atoms with E-state index in [4.69, 9.17) is 0 Å². The van der Waals surface area contributed by atoms with E-state index < -0.39 is 0 Å². The fourth-order valence-corrected chi connectivity index (χ4v) is 1.41. The van der Waals surface area contributed by atoms with Crippen molar-refractivity contribution >= 4 is 0 Å². The number of aliphatic hydroxyl groups excluding tert-OH is 1. The summed E-state index contributed by atoms with van der Waals surface area (Å²) in [4.78, 5) is 0. The van der Waals surface area contributed by atoms with Crippen molar-refractivity contribution in [2.75, 3.05) is 19.7 Å². The van der Waals surface area contributed by atoms with Gasteiger partial charge in [0.2, 0.25) is 0 Å². The SMILES string of the molecule is C=C(CC)CNCC(CC)(CC)CO. The first-order chi connectivity index (χ1) is 6.64. The molecule has 0 unspecified atom stereocenters. The van der Waals surface area contributed by atoms with Crippen LogP contribution in [-0.2, 0) is 0 Å². The van der Waals surface area contributed by atoms with Gasteiger partial charge in [-0.2, -0.15) is 0 Å². The van der Waals surface area contributed by atoms with E-state index >= 15 is 0 Å². The lowest BCUT2D eigenvalue weighted by molar-refractivity contribution is 0.114. The molecular weight excluding hydrogens is 174 g/mol. The molecule has 0 aliphatic carbocycles. The quantitative estimate of drug-likeness (QED) is 0.588. The molecule has 0 spiro atoms. The molecule has 0 aromatic rings. The molecule has 0 aliphatic rings. The summed E-state index contributed by atoms with van der Waals surface area (Å²) >= 11 is 0. The van der Waals surface area contributed by atoms with Crippen LogP contribution >= 0.6 is 0 Å². The van der Waals surface area contributed by atoms with Gasteiger partial charge in [0.1, 0.15) is 0 Å². The normalized spacial score (nSPS) is 11.7. The number of rotatable bonds is 8. The van der Waals surface area contributed by atoms with Gasteiger partial charge >= 0.3 is 0 Å². The van der Waals surface area contributed by atoms with E-state index in [9.17, 15) is 5.11 Å². The smallest absolute Gasteiger partial charge is 0.0499 e. The number of aliphatic hydroxyl groups is 1. The van der Waals surface area contributed by atoms with Crippen molar-refractivity contribution in [1.29, 1.82) is 0 Å². The van der Waals surface area contributed by atoms with Crippen molar-refractivity contribution in [1.82, 2.24) is 5.32 Å². The fourth-order valence-electron chi connectivity index (χ4n) is 1.41. The summed E-state index contributed by atoms with van der Waals surface area (Å²) in [5.41, 5.74) is 1.29. The minimum atomic E-state index is 0.0635. The third-order valence-corrected chi connectivity index (χ3v) is 3.21. The first kappa shape index (κ1) is 13.7. The van der Waals surface area contributed by atoms with Gasteiger partial charge in [0.05, 0.1) is 0 Å². The average molecular weight is 199 g/mol. The molecule has 0 heterocycles. The summed E-state index contributed by atoms with van der Waals surface area (Å²) in [7, 11) is 0. The first-order valence-corrected chi connectivity index (χ1v) is 5.62. The molecule has 2 heteroatoms. The molecule has 2 N–H and O–H groups in total. The molecule has 0 aromatic carbocycles. The van der Waals surface area contributed by atoms with Gasteiger partial charge in [-0.05, 0) is 19.3 Å². The van der Waals surface area contributed by atoms with E-state index in [-0.39, 0.29) is 12.0 Å². The molecule has 84 valence electrons. The van der Waals surface area contributed by atoms with Gasteiger partial charge in [-0.15, -0.1) is 0 Å². The molecular formula is C12H25NO. The van der Waals surface area contributed by atoms with Crippen molar-refractivity contribution in [3.05, 3.63) is 12.2 Å². The molecule has 0 rings (SSSR count). The Morgan fingerprint density at radius 3 is 2.21 bits per heavy atom. The largest absolute Gasteiger partial charge is 0.396 e. The molecule has 0 fully saturated rings. The van der Waals surface area contributed by atoms with Gasteiger partial charge in [-0.25, -0.2) is 0 Å². The first-order valence-electron chi connectivity index (χ1n) is 5.62. The van der Waals surface area contributed by atoms with Crippen LogP contribution in [0.2, 0.25) is 0 Å². The van der Waals surface area contributed by atoms with E-state index in [0.717, 1.165) is 32.4 Å². The van der Waals surface area contributed by atoms with Gasteiger partial charge in [0.25, 0.3) is 0 Å². The van der Waals surface area contributed by atoms with Crippen LogP contribution in [0.5, 0.6) is 0 Å². The van der Waals surface area contributed by atoms with E-state index in [1.54, 1.807) is 0 Å². The molecule has 0 radical (unpaired) electrons. The molecule has 0 aliphatic heterocycles. The van der Waals surface area contributed by atoms with Gasteiger partial charge in [0.15, 0.2) is 0 Å². The summed E-state index contributed by atoms with van der Waals surface area (Å²) in [6.45, 7) is 12.4. The third kappa shape index (κ3) is 4.25. The number of hydrogen-bond acceptors (Lipinski definition) is 2. The van der Waals surface area contributed by atoms with Crippen LogP contribution in [0, 0.1) is 5.41 Å². The van der Waals surface area contributed by atoms with Crippen LogP contribution in [-0.4, -0.2) is 24.8 Å². The molecule has 14 heavy (non-hydrogen) atoms. The van der Waals surface area contributed by atoms with Crippen LogP contribution < -0.4 is 5.32 Å². The summed E-state index contributed by atoms with van der Waals surface area (Å²) in [6.07, 6.45) is 3.06. The molecule has 0 saturated carbocycles. The van der Waals surface area contributed by atoms with Crippen LogP contribution in [0.25, 0.3) is 0 Å². The van der Waals surface area contributed by atoms with Crippen molar-refractivity contribution in [2.45, 2.75) is 40.0 Å². The minimum absolute atomic E-state index is 0.0635. The van der Waals surface area contributed by atoms with Crippen LogP contribution in [0.4, 0.5) is 0 Å². The summed E-state index contributed by atoms with van der Waals surface area (Å²) in [5.74, 6) is 0. The standard InChI is InChI=1S/C12H25NO/c1-5-11(4)8-13-9-12(6-2,7-3)10-14/h13-14H,4-10H2,1-3H3. The topological polar surface area (TPSA) is 32.3 Å². The van der Waals surface area contributed by atoms with Crippen LogP contribution in [0.1, 0.15) is 40.0 Å². The maximum atomic E-state index is 9.34. The highest BCUT2D eigenvalue weighted by molar-refractivity contribution is 4.95. The van der Waals surface area contributed by atoms with E-state index in [0.29, 0.717) is 0 Å². The lowest BCUT2D eigenvalue weighted by Crippen LogP contribution is -2.37. The van der Waals surface area contributed by atoms with Gasteiger partial charge < -0.3 is 10.4 Å².